The summed E-state index contributed by atoms with van der Waals surface area (Å²) in [6.45, 7) is 8.69. The molecule has 2 atom stereocenters. The molecule has 28 heavy (non-hydrogen) atoms. The Hall–Kier alpha value is -2.17. The molecule has 1 fully saturated rings. The zero-order chi connectivity index (χ0) is 20.1. The molecular formula is C24H33N3O. The topological polar surface area (TPSA) is 26.8 Å². The normalized spacial score (nSPS) is 18.4. The molecule has 0 saturated carbocycles. The second-order valence-electron chi connectivity index (χ2n) is 7.99. The van der Waals surface area contributed by atoms with Crippen molar-refractivity contribution in [2.24, 2.45) is 0 Å². The van der Waals surface area contributed by atoms with Crippen molar-refractivity contribution < 1.29 is 4.79 Å². The molecule has 1 amide bonds. The zero-order valence-corrected chi connectivity index (χ0v) is 17.6. The fourth-order valence-corrected chi connectivity index (χ4v) is 4.15. The highest BCUT2D eigenvalue weighted by Gasteiger charge is 2.30. The van der Waals surface area contributed by atoms with E-state index in [0.29, 0.717) is 12.1 Å². The number of nitrogens with zero attached hydrogens (tertiary/aromatic N) is 3. The number of carbonyl (C=O) groups is 1. The van der Waals surface area contributed by atoms with E-state index in [4.69, 9.17) is 0 Å². The minimum absolute atomic E-state index is 0.0635. The third-order valence-corrected chi connectivity index (χ3v) is 5.91. The second-order valence-corrected chi connectivity index (χ2v) is 7.99. The summed E-state index contributed by atoms with van der Waals surface area (Å²) in [6, 6.07) is 19.9. The first-order chi connectivity index (χ1) is 13.5. The van der Waals surface area contributed by atoms with E-state index in [9.17, 15) is 4.79 Å². The van der Waals surface area contributed by atoms with E-state index < -0.39 is 0 Å². The van der Waals surface area contributed by atoms with Crippen LogP contribution in [0.1, 0.15) is 47.8 Å². The minimum Gasteiger partial charge on any atom is -0.345 e. The Morgan fingerprint density at radius 3 is 2.57 bits per heavy atom. The average Bonchev–Trinajstić information content (AvgIpc) is 3.21. The number of hydrogen-bond donors (Lipinski definition) is 0. The van der Waals surface area contributed by atoms with Gasteiger partial charge >= 0.3 is 0 Å². The maximum absolute atomic E-state index is 12.3. The van der Waals surface area contributed by atoms with Crippen molar-refractivity contribution in [3.05, 3.63) is 71.3 Å². The van der Waals surface area contributed by atoms with Gasteiger partial charge < -0.3 is 4.90 Å². The summed E-state index contributed by atoms with van der Waals surface area (Å²) in [7, 11) is 3.60. The molecule has 2 aromatic carbocycles. The van der Waals surface area contributed by atoms with E-state index in [-0.39, 0.29) is 5.91 Å². The van der Waals surface area contributed by atoms with Crippen molar-refractivity contribution in [1.29, 1.82) is 0 Å². The van der Waals surface area contributed by atoms with Crippen LogP contribution in [0.3, 0.4) is 0 Å². The van der Waals surface area contributed by atoms with Gasteiger partial charge in [-0.1, -0.05) is 49.4 Å². The van der Waals surface area contributed by atoms with Gasteiger partial charge in [0.2, 0.25) is 0 Å². The predicted molar refractivity (Wildman–Crippen MR) is 115 cm³/mol. The molecule has 1 saturated heterocycles. The third kappa shape index (κ3) is 4.81. The van der Waals surface area contributed by atoms with Crippen LogP contribution < -0.4 is 0 Å². The lowest BCUT2D eigenvalue weighted by Crippen LogP contribution is -2.37. The third-order valence-electron chi connectivity index (χ3n) is 5.91. The second kappa shape index (κ2) is 9.35. The van der Waals surface area contributed by atoms with Gasteiger partial charge in [0.15, 0.2) is 0 Å². The molecule has 4 heteroatoms. The lowest BCUT2D eigenvalue weighted by molar-refractivity contribution is 0.0827. The van der Waals surface area contributed by atoms with Crippen LogP contribution in [0.2, 0.25) is 0 Å². The smallest absolute Gasteiger partial charge is 0.253 e. The molecular weight excluding hydrogens is 346 g/mol. The van der Waals surface area contributed by atoms with E-state index in [1.807, 2.05) is 18.2 Å². The summed E-state index contributed by atoms with van der Waals surface area (Å²) < 4.78 is 0. The van der Waals surface area contributed by atoms with E-state index >= 15 is 0 Å². The molecule has 0 spiro atoms. The summed E-state index contributed by atoms with van der Waals surface area (Å²) in [4.78, 5) is 19.0. The standard InChI is InChI=1S/C24H33N3O/c1-5-26(17-20-10-9-13-22(16-20)24(28)25(3)4)23-14-15-27(18-23)19(2)21-11-7-6-8-12-21/h6-13,16,19,23H,5,14-15,17-18H2,1-4H3. The number of benzene rings is 2. The first kappa shape index (κ1) is 20.6. The Balaban J connectivity index is 1.65. The highest BCUT2D eigenvalue weighted by molar-refractivity contribution is 5.94. The minimum atomic E-state index is 0.0635. The number of likely N-dealkylation sites (tertiary alicyclic amines) is 1. The fraction of sp³-hybridized carbons (Fsp3) is 0.458. The van der Waals surface area contributed by atoms with Crippen LogP contribution in [0.15, 0.2) is 54.6 Å². The lowest BCUT2D eigenvalue weighted by atomic mass is 10.1. The Morgan fingerprint density at radius 2 is 1.89 bits per heavy atom. The highest BCUT2D eigenvalue weighted by Crippen LogP contribution is 2.27. The van der Waals surface area contributed by atoms with E-state index in [2.05, 4.69) is 60.0 Å². The van der Waals surface area contributed by atoms with Crippen molar-refractivity contribution in [3.63, 3.8) is 0 Å². The molecule has 4 nitrogen and oxygen atoms in total. The summed E-state index contributed by atoms with van der Waals surface area (Å²) in [6.07, 6.45) is 1.20. The SMILES string of the molecule is CCN(Cc1cccc(C(=O)N(C)C)c1)C1CCN(C(C)c2ccccc2)C1. The zero-order valence-electron chi connectivity index (χ0n) is 17.6. The van der Waals surface area contributed by atoms with E-state index in [1.165, 1.54) is 17.5 Å². The van der Waals surface area contributed by atoms with Gasteiger partial charge in [-0.3, -0.25) is 14.6 Å². The lowest BCUT2D eigenvalue weighted by Gasteiger charge is -2.30. The van der Waals surface area contributed by atoms with E-state index in [1.54, 1.807) is 19.0 Å². The number of amides is 1. The van der Waals surface area contributed by atoms with Crippen molar-refractivity contribution in [2.45, 2.75) is 38.9 Å². The Labute approximate surface area is 169 Å². The van der Waals surface area contributed by atoms with Crippen LogP contribution in [-0.4, -0.2) is 60.4 Å². The van der Waals surface area contributed by atoms with Crippen LogP contribution in [0.5, 0.6) is 0 Å². The van der Waals surface area contributed by atoms with Gasteiger partial charge in [0, 0.05) is 51.4 Å². The molecule has 0 N–H and O–H groups in total. The molecule has 2 aromatic rings. The first-order valence-electron chi connectivity index (χ1n) is 10.3. The summed E-state index contributed by atoms with van der Waals surface area (Å²) >= 11 is 0. The fourth-order valence-electron chi connectivity index (χ4n) is 4.15. The molecule has 0 aliphatic carbocycles. The summed E-state index contributed by atoms with van der Waals surface area (Å²) in [5.74, 6) is 0.0635. The number of likely N-dealkylation sites (N-methyl/N-ethyl adjacent to an activating group) is 1. The maximum Gasteiger partial charge on any atom is 0.253 e. The Morgan fingerprint density at radius 1 is 1.14 bits per heavy atom. The van der Waals surface area contributed by atoms with Crippen LogP contribution in [0.4, 0.5) is 0 Å². The van der Waals surface area contributed by atoms with Crippen LogP contribution in [0, 0.1) is 0 Å². The molecule has 0 bridgehead atoms. The van der Waals surface area contributed by atoms with Crippen LogP contribution in [-0.2, 0) is 6.54 Å². The monoisotopic (exact) mass is 379 g/mol. The Bertz CT molecular complexity index is 774. The quantitative estimate of drug-likeness (QED) is 0.726. The van der Waals surface area contributed by atoms with Crippen LogP contribution in [0.25, 0.3) is 0 Å². The number of carbonyl (C=O) groups excluding carboxylic acids is 1. The highest BCUT2D eigenvalue weighted by atomic mass is 16.2. The molecule has 0 radical (unpaired) electrons. The van der Waals surface area contributed by atoms with Crippen molar-refractivity contribution in [1.82, 2.24) is 14.7 Å². The van der Waals surface area contributed by atoms with E-state index in [0.717, 1.165) is 31.7 Å². The molecule has 150 valence electrons. The molecule has 0 aromatic heterocycles. The van der Waals surface area contributed by atoms with Gasteiger partial charge in [0.1, 0.15) is 0 Å². The maximum atomic E-state index is 12.3. The van der Waals surface area contributed by atoms with Crippen molar-refractivity contribution >= 4 is 5.91 Å². The van der Waals surface area contributed by atoms with Gasteiger partial charge in [0.05, 0.1) is 0 Å². The van der Waals surface area contributed by atoms with Crippen LogP contribution >= 0.6 is 0 Å². The Kier molecular flexibility index (Phi) is 6.87. The van der Waals surface area contributed by atoms with Gasteiger partial charge in [-0.25, -0.2) is 0 Å². The largest absolute Gasteiger partial charge is 0.345 e. The number of rotatable bonds is 7. The molecule has 1 aliphatic heterocycles. The van der Waals surface area contributed by atoms with Gasteiger partial charge in [-0.2, -0.15) is 0 Å². The molecule has 1 heterocycles. The first-order valence-corrected chi connectivity index (χ1v) is 10.3. The molecule has 1 aliphatic rings. The van der Waals surface area contributed by atoms with Gasteiger partial charge in [0.25, 0.3) is 5.91 Å². The van der Waals surface area contributed by atoms with Crippen molar-refractivity contribution in [2.75, 3.05) is 33.7 Å². The van der Waals surface area contributed by atoms with Gasteiger partial charge in [-0.15, -0.1) is 0 Å². The van der Waals surface area contributed by atoms with Gasteiger partial charge in [-0.05, 0) is 43.1 Å². The molecule has 3 rings (SSSR count). The average molecular weight is 380 g/mol. The number of hydrogen-bond acceptors (Lipinski definition) is 3. The summed E-state index contributed by atoms with van der Waals surface area (Å²) in [5, 5.41) is 0. The predicted octanol–water partition coefficient (Wildman–Crippen LogP) is 4.05. The summed E-state index contributed by atoms with van der Waals surface area (Å²) in [5.41, 5.74) is 3.37. The molecule has 2 unspecified atom stereocenters. The van der Waals surface area contributed by atoms with Crippen molar-refractivity contribution in [3.8, 4) is 0 Å².